The zero-order valence-electron chi connectivity index (χ0n) is 12.1. The second kappa shape index (κ2) is 9.17. The van der Waals surface area contributed by atoms with Gasteiger partial charge in [0.1, 0.15) is 0 Å². The first-order chi connectivity index (χ1) is 6.77. The third kappa shape index (κ3) is 6.82. The molecule has 0 aromatic heterocycles. The van der Waals surface area contributed by atoms with Crippen molar-refractivity contribution < 1.29 is 42.2 Å². The first-order valence-electron chi connectivity index (χ1n) is 6.10. The average Bonchev–Trinajstić information content (AvgIpc) is 2.01. The molecule has 0 bridgehead atoms. The summed E-state index contributed by atoms with van der Waals surface area (Å²) in [6.45, 7) is 18.6. The number of hydrogen-bond acceptors (Lipinski definition) is 2. The molecule has 0 radical (unpaired) electrons. The zero-order valence-corrected chi connectivity index (χ0v) is 15.3. The van der Waals surface area contributed by atoms with Crippen LogP contribution in [0.5, 0.6) is 0 Å². The average molecular weight is 365 g/mol. The van der Waals surface area contributed by atoms with E-state index >= 15 is 0 Å². The number of hydrogen-bond donors (Lipinski definition) is 0. The number of nitrogens with zero attached hydrogens (tertiary/aromatic N) is 2. The first kappa shape index (κ1) is 19.5. The van der Waals surface area contributed by atoms with E-state index in [2.05, 4.69) is 57.4 Å². The minimum atomic E-state index is -0.827. The summed E-state index contributed by atoms with van der Waals surface area (Å²) in [5.41, 5.74) is 0. The number of halogens is 1. The van der Waals surface area contributed by atoms with E-state index in [1.165, 1.54) is 0 Å². The van der Waals surface area contributed by atoms with Crippen molar-refractivity contribution >= 4 is 0 Å². The Hall–Kier alpha value is 1.20. The van der Waals surface area contributed by atoms with Gasteiger partial charge in [0.15, 0.2) is 0 Å². The largest absolute Gasteiger partial charge is 0.269 e. The van der Waals surface area contributed by atoms with Crippen LogP contribution in [-0.4, -0.2) is 26.1 Å². The third-order valence-electron chi connectivity index (χ3n) is 2.46. The minimum absolute atomic E-state index is 0. The second-order valence-corrected chi connectivity index (χ2v) is 9.24. The maximum atomic E-state index is 2.74. The molecule has 4 heteroatoms. The summed E-state index contributed by atoms with van der Waals surface area (Å²) in [6.07, 6.45) is 0. The fourth-order valence-corrected chi connectivity index (χ4v) is 5.61. The molecule has 0 aromatic carbocycles. The van der Waals surface area contributed by atoms with Gasteiger partial charge in [0, 0.05) is 0 Å². The topological polar surface area (TPSA) is 6.48 Å². The van der Waals surface area contributed by atoms with E-state index in [1.54, 1.807) is 0 Å². The molecule has 0 amide bonds. The van der Waals surface area contributed by atoms with Crippen LogP contribution in [0.15, 0.2) is 0 Å². The molecule has 0 saturated carbocycles. The maximum absolute atomic E-state index is 2.74. The quantitative estimate of drug-likeness (QED) is 0.713. The molecular weight excluding hydrogens is 335 g/mol. The van der Waals surface area contributed by atoms with E-state index in [-0.39, 0.29) is 4.70 Å². The van der Waals surface area contributed by atoms with Crippen LogP contribution in [0, 0.1) is 37.5 Å². The normalized spacial score (nSPS) is 12.1. The monoisotopic (exact) mass is 362 g/mol. The maximum Gasteiger partial charge on any atom is -0.269 e. The molecule has 2 nitrogen and oxygen atoms in total. The molecule has 0 unspecified atom stereocenters. The molecule has 16 heavy (non-hydrogen) atoms. The van der Waals surface area contributed by atoms with E-state index in [0.29, 0.717) is 24.2 Å². The van der Waals surface area contributed by atoms with Gasteiger partial charge in [-0.2, -0.15) is 0 Å². The van der Waals surface area contributed by atoms with E-state index in [0.717, 1.165) is 0 Å². The van der Waals surface area contributed by atoms with Crippen LogP contribution < -0.4 is 0 Å². The Morgan fingerprint density at radius 1 is 0.562 bits per heavy atom. The van der Waals surface area contributed by atoms with Gasteiger partial charge >= 0.3 is 119 Å². The summed E-state index contributed by atoms with van der Waals surface area (Å²) in [5.74, 6) is 0. The van der Waals surface area contributed by atoms with Gasteiger partial charge in [-0.1, -0.05) is 0 Å². The molecular formula is C12H29FN2Nd. The van der Waals surface area contributed by atoms with Crippen LogP contribution in [0.25, 0.3) is 0 Å². The van der Waals surface area contributed by atoms with Crippen LogP contribution in [0.2, 0.25) is 0 Å². The molecule has 0 N–H and O–H groups in total. The molecule has 0 aromatic rings. The van der Waals surface area contributed by atoms with E-state index in [4.69, 9.17) is 0 Å². The van der Waals surface area contributed by atoms with E-state index in [1.807, 2.05) is 0 Å². The van der Waals surface area contributed by atoms with Crippen molar-refractivity contribution in [3.63, 3.8) is 0 Å². The van der Waals surface area contributed by atoms with Crippen molar-refractivity contribution in [2.24, 2.45) is 0 Å². The van der Waals surface area contributed by atoms with Crippen molar-refractivity contribution in [2.45, 2.75) is 79.6 Å². The summed E-state index contributed by atoms with van der Waals surface area (Å²) in [4.78, 5) is 0. The summed E-state index contributed by atoms with van der Waals surface area (Å²) < 4.78 is 5.47. The molecule has 0 saturated heterocycles. The Morgan fingerprint density at radius 3 is 0.875 bits per heavy atom. The van der Waals surface area contributed by atoms with Gasteiger partial charge in [0.05, 0.1) is 0 Å². The van der Waals surface area contributed by atoms with Gasteiger partial charge in [0.25, 0.3) is 0 Å². The van der Waals surface area contributed by atoms with Crippen LogP contribution in [0.4, 0.5) is 4.70 Å². The van der Waals surface area contributed by atoms with Crippen molar-refractivity contribution in [2.75, 3.05) is 0 Å². The number of rotatable bonds is 6. The van der Waals surface area contributed by atoms with E-state index in [9.17, 15) is 0 Å². The van der Waals surface area contributed by atoms with Crippen LogP contribution in [0.3, 0.4) is 0 Å². The first-order valence-corrected chi connectivity index (χ1v) is 8.97. The molecule has 0 fully saturated rings. The smallest absolute Gasteiger partial charge is 0.269 e. The fraction of sp³-hybridized carbons (Fsp3) is 1.00. The Bertz CT molecular complexity index is 138. The molecule has 0 aliphatic rings. The summed E-state index contributed by atoms with van der Waals surface area (Å²) in [6, 6.07) is 2.81. The third-order valence-corrected chi connectivity index (χ3v) is 10.6. The van der Waals surface area contributed by atoms with Crippen molar-refractivity contribution in [1.29, 1.82) is 0 Å². The van der Waals surface area contributed by atoms with Crippen molar-refractivity contribution in [3.8, 4) is 0 Å². The SMILES string of the molecule is CC(C)[N]([Nd][N](C(C)C)C(C)C)C(C)C.F. The Labute approximate surface area is 123 Å². The Balaban J connectivity index is 0. The summed E-state index contributed by atoms with van der Waals surface area (Å²) >= 11 is -0.827. The standard InChI is InChI=1S/2C6H14N.FH.Nd/c2*1-5(2)7-6(3)4;;/h2*5-6H,1-4H3;1H;/q2*-1;;+2. The predicted molar refractivity (Wildman–Crippen MR) is 66.7 cm³/mol. The van der Waals surface area contributed by atoms with Crippen molar-refractivity contribution in [1.82, 2.24) is 1.97 Å². The zero-order chi connectivity index (χ0) is 12.2. The Kier molecular flexibility index (Phi) is 11.2. The van der Waals surface area contributed by atoms with Crippen LogP contribution in [0.1, 0.15) is 55.4 Å². The Morgan fingerprint density at radius 2 is 0.750 bits per heavy atom. The summed E-state index contributed by atoms with van der Waals surface area (Å²) in [7, 11) is 0. The fourth-order valence-electron chi connectivity index (χ4n) is 1.79. The predicted octanol–water partition coefficient (Wildman–Crippen LogP) is 3.29. The van der Waals surface area contributed by atoms with Gasteiger partial charge in [0.2, 0.25) is 0 Å². The van der Waals surface area contributed by atoms with Gasteiger partial charge < -0.3 is 0 Å². The molecule has 0 atom stereocenters. The van der Waals surface area contributed by atoms with Crippen LogP contribution >= 0.6 is 0 Å². The second-order valence-electron chi connectivity index (χ2n) is 5.29. The molecule has 0 spiro atoms. The van der Waals surface area contributed by atoms with Gasteiger partial charge in [-0.05, 0) is 0 Å². The summed E-state index contributed by atoms with van der Waals surface area (Å²) in [5, 5.41) is 0. The van der Waals surface area contributed by atoms with Crippen molar-refractivity contribution in [3.05, 3.63) is 0 Å². The molecule has 0 heterocycles. The molecule has 98 valence electrons. The van der Waals surface area contributed by atoms with Crippen LogP contribution in [-0.2, 0) is 0 Å². The molecule has 0 aliphatic heterocycles. The van der Waals surface area contributed by atoms with Gasteiger partial charge in [-0.25, -0.2) is 0 Å². The van der Waals surface area contributed by atoms with Gasteiger partial charge in [-0.3, -0.25) is 4.70 Å². The van der Waals surface area contributed by atoms with E-state index < -0.39 is 37.5 Å². The molecule has 0 aliphatic carbocycles. The van der Waals surface area contributed by atoms with Gasteiger partial charge in [-0.15, -0.1) is 0 Å². The molecule has 0 rings (SSSR count). The minimum Gasteiger partial charge on any atom is -0.269 e.